The van der Waals surface area contributed by atoms with Gasteiger partial charge in [0, 0.05) is 23.0 Å². The van der Waals surface area contributed by atoms with Gasteiger partial charge in [-0.3, -0.25) is 4.79 Å². The normalized spacial score (nSPS) is 11.3. The van der Waals surface area contributed by atoms with Gasteiger partial charge in [0.1, 0.15) is 22.9 Å². The third-order valence-corrected chi connectivity index (χ3v) is 5.58. The van der Waals surface area contributed by atoms with Crippen LogP contribution in [-0.2, 0) is 0 Å². The molecule has 0 fully saturated rings. The number of aryl methyl sites for hydroxylation is 3. The van der Waals surface area contributed by atoms with Crippen LogP contribution in [0.15, 0.2) is 51.7 Å². The zero-order chi connectivity index (χ0) is 24.1. The highest BCUT2D eigenvalue weighted by Gasteiger charge is 2.21. The van der Waals surface area contributed by atoms with Crippen molar-refractivity contribution in [2.45, 2.75) is 20.8 Å². The first-order chi connectivity index (χ1) is 16.2. The number of rotatable bonds is 3. The minimum absolute atomic E-state index is 0.0233. The molecule has 0 aliphatic rings. The fraction of sp³-hybridized carbons (Fsp3) is 0.125. The van der Waals surface area contributed by atoms with Gasteiger partial charge in [-0.05, 0) is 51.1 Å². The van der Waals surface area contributed by atoms with Crippen molar-refractivity contribution in [3.05, 3.63) is 86.5 Å². The lowest BCUT2D eigenvalue weighted by molar-refractivity contribution is 0.0722. The molecule has 170 valence electrons. The zero-order valence-electron chi connectivity index (χ0n) is 18.2. The summed E-state index contributed by atoms with van der Waals surface area (Å²) in [6.45, 7) is 5.17. The highest BCUT2D eigenvalue weighted by molar-refractivity contribution is 6.33. The Hall–Kier alpha value is -4.11. The van der Waals surface area contributed by atoms with Gasteiger partial charge >= 0.3 is 5.97 Å². The lowest BCUT2D eigenvalue weighted by Gasteiger charge is -2.10. The molecule has 0 aliphatic heterocycles. The standard InChI is InChI=1S/C24H16ClFN4O4/c1-11-9-12(2)30-24(27-11)28-22(29-30)23(32)34-14-7-8-15-18(10-14)33-13(3)19(21(15)31)20-16(25)5-4-6-17(20)26/h4-10H,1-3H3. The summed E-state index contributed by atoms with van der Waals surface area (Å²) >= 11 is 6.15. The molecule has 3 heterocycles. The maximum Gasteiger partial charge on any atom is 0.383 e. The Bertz CT molecular complexity index is 1670. The lowest BCUT2D eigenvalue weighted by atomic mass is 10.0. The number of fused-ring (bicyclic) bond motifs is 2. The number of esters is 1. The molecule has 8 nitrogen and oxygen atoms in total. The second-order valence-corrected chi connectivity index (χ2v) is 8.10. The van der Waals surface area contributed by atoms with Crippen LogP contribution >= 0.6 is 11.6 Å². The van der Waals surface area contributed by atoms with Gasteiger partial charge in [-0.1, -0.05) is 17.7 Å². The van der Waals surface area contributed by atoms with E-state index in [2.05, 4.69) is 15.1 Å². The molecule has 10 heteroatoms. The summed E-state index contributed by atoms with van der Waals surface area (Å²) < 4.78 is 27.1. The van der Waals surface area contributed by atoms with E-state index in [-0.39, 0.29) is 50.2 Å². The van der Waals surface area contributed by atoms with Crippen molar-refractivity contribution in [1.29, 1.82) is 0 Å². The van der Waals surface area contributed by atoms with Gasteiger partial charge in [0.25, 0.3) is 11.6 Å². The van der Waals surface area contributed by atoms with Crippen LogP contribution in [0.2, 0.25) is 5.02 Å². The number of carbonyl (C=O) groups is 1. The Morgan fingerprint density at radius 1 is 1.09 bits per heavy atom. The van der Waals surface area contributed by atoms with E-state index in [1.165, 1.54) is 47.8 Å². The smallest absolute Gasteiger partial charge is 0.383 e. The molecule has 5 rings (SSSR count). The summed E-state index contributed by atoms with van der Waals surface area (Å²) in [6.07, 6.45) is 0. The highest BCUT2D eigenvalue weighted by Crippen LogP contribution is 2.33. The molecule has 3 aromatic heterocycles. The number of ether oxygens (including phenoxy) is 1. The maximum absolute atomic E-state index is 14.4. The largest absolute Gasteiger partial charge is 0.460 e. The number of nitrogens with zero attached hydrogens (tertiary/aromatic N) is 4. The topological polar surface area (TPSA) is 99.6 Å². The minimum atomic E-state index is -0.796. The van der Waals surface area contributed by atoms with Gasteiger partial charge in [0.2, 0.25) is 5.43 Å². The molecule has 0 bridgehead atoms. The van der Waals surface area contributed by atoms with Crippen LogP contribution in [0, 0.1) is 26.6 Å². The molecular formula is C24H16ClFN4O4. The van der Waals surface area contributed by atoms with E-state index in [0.29, 0.717) is 0 Å². The molecule has 0 aliphatic carbocycles. The quantitative estimate of drug-likeness (QED) is 0.270. The Balaban J connectivity index is 1.52. The second-order valence-electron chi connectivity index (χ2n) is 7.69. The minimum Gasteiger partial charge on any atom is -0.460 e. The van der Waals surface area contributed by atoms with E-state index in [1.54, 1.807) is 0 Å². The van der Waals surface area contributed by atoms with Gasteiger partial charge in [0.05, 0.1) is 16.0 Å². The van der Waals surface area contributed by atoms with Crippen LogP contribution in [-0.4, -0.2) is 25.6 Å². The van der Waals surface area contributed by atoms with Crippen molar-refractivity contribution in [1.82, 2.24) is 19.6 Å². The number of halogens is 2. The molecule has 34 heavy (non-hydrogen) atoms. The van der Waals surface area contributed by atoms with E-state index < -0.39 is 17.2 Å². The number of benzene rings is 2. The van der Waals surface area contributed by atoms with Gasteiger partial charge in [-0.15, -0.1) is 5.10 Å². The van der Waals surface area contributed by atoms with E-state index in [0.717, 1.165) is 11.4 Å². The molecule has 0 atom stereocenters. The second kappa shape index (κ2) is 8.03. The van der Waals surface area contributed by atoms with Gasteiger partial charge in [-0.2, -0.15) is 4.98 Å². The maximum atomic E-state index is 14.4. The Morgan fingerprint density at radius 2 is 1.88 bits per heavy atom. The van der Waals surface area contributed by atoms with Crippen molar-refractivity contribution >= 4 is 34.3 Å². The third kappa shape index (κ3) is 3.60. The molecule has 0 spiro atoms. The summed E-state index contributed by atoms with van der Waals surface area (Å²) in [5.41, 5.74) is 1.23. The molecule has 0 N–H and O–H groups in total. The van der Waals surface area contributed by atoms with Crippen molar-refractivity contribution < 1.29 is 18.3 Å². The summed E-state index contributed by atoms with van der Waals surface area (Å²) in [6, 6.07) is 10.3. The van der Waals surface area contributed by atoms with Crippen molar-refractivity contribution in [3.8, 4) is 16.9 Å². The van der Waals surface area contributed by atoms with Crippen molar-refractivity contribution in [2.75, 3.05) is 0 Å². The molecule has 0 amide bonds. The first-order valence-corrected chi connectivity index (χ1v) is 10.6. The molecule has 5 aromatic rings. The SMILES string of the molecule is Cc1cc(C)n2nc(C(=O)Oc3ccc4c(=O)c(-c5c(F)cccc5Cl)c(C)oc4c3)nc2n1. The average molecular weight is 479 g/mol. The highest BCUT2D eigenvalue weighted by atomic mass is 35.5. The van der Waals surface area contributed by atoms with Crippen LogP contribution in [0.25, 0.3) is 27.9 Å². The van der Waals surface area contributed by atoms with E-state index in [4.69, 9.17) is 20.8 Å². The molecule has 2 aromatic carbocycles. The lowest BCUT2D eigenvalue weighted by Crippen LogP contribution is -2.12. The predicted molar refractivity (Wildman–Crippen MR) is 123 cm³/mol. The zero-order valence-corrected chi connectivity index (χ0v) is 19.0. The first-order valence-electron chi connectivity index (χ1n) is 10.2. The van der Waals surface area contributed by atoms with E-state index >= 15 is 0 Å². The fourth-order valence-electron chi connectivity index (χ4n) is 3.78. The van der Waals surface area contributed by atoms with Crippen molar-refractivity contribution in [3.63, 3.8) is 0 Å². The van der Waals surface area contributed by atoms with Gasteiger partial charge < -0.3 is 9.15 Å². The van der Waals surface area contributed by atoms with Crippen LogP contribution in [0.3, 0.4) is 0 Å². The molecule has 0 radical (unpaired) electrons. The number of carbonyl (C=O) groups excluding carboxylic acids is 1. The first kappa shape index (κ1) is 21.7. The molecular weight excluding hydrogens is 463 g/mol. The Kier molecular flexibility index (Phi) is 5.13. The molecule has 0 unspecified atom stereocenters. The van der Waals surface area contributed by atoms with Crippen LogP contribution < -0.4 is 10.2 Å². The number of aromatic nitrogens is 4. The van der Waals surface area contributed by atoms with Gasteiger partial charge in [-0.25, -0.2) is 18.7 Å². The number of hydrogen-bond acceptors (Lipinski definition) is 7. The fourth-order valence-corrected chi connectivity index (χ4v) is 4.04. The molecule has 0 saturated heterocycles. The monoisotopic (exact) mass is 478 g/mol. The van der Waals surface area contributed by atoms with Gasteiger partial charge in [0.15, 0.2) is 0 Å². The number of hydrogen-bond donors (Lipinski definition) is 0. The van der Waals surface area contributed by atoms with Crippen LogP contribution in [0.4, 0.5) is 4.39 Å². The van der Waals surface area contributed by atoms with Crippen LogP contribution in [0.5, 0.6) is 5.75 Å². The average Bonchev–Trinajstić information content (AvgIpc) is 3.20. The summed E-state index contributed by atoms with van der Waals surface area (Å²) in [7, 11) is 0. The third-order valence-electron chi connectivity index (χ3n) is 5.26. The van der Waals surface area contributed by atoms with E-state index in [1.807, 2.05) is 19.9 Å². The summed E-state index contributed by atoms with van der Waals surface area (Å²) in [4.78, 5) is 34.1. The Morgan fingerprint density at radius 3 is 2.65 bits per heavy atom. The predicted octanol–water partition coefficient (Wildman–Crippen LogP) is 4.83. The van der Waals surface area contributed by atoms with Crippen LogP contribution in [0.1, 0.15) is 27.8 Å². The van der Waals surface area contributed by atoms with Crippen molar-refractivity contribution in [2.24, 2.45) is 0 Å². The molecule has 0 saturated carbocycles. The summed E-state index contributed by atoms with van der Waals surface area (Å²) in [5, 5.41) is 4.43. The Labute approximate surface area is 196 Å². The summed E-state index contributed by atoms with van der Waals surface area (Å²) in [5.74, 6) is -1.01. The van der Waals surface area contributed by atoms with E-state index in [9.17, 15) is 14.0 Å².